The molecule has 35 heavy (non-hydrogen) atoms. The third-order valence-corrected chi connectivity index (χ3v) is 8.16. The fourth-order valence-electron chi connectivity index (χ4n) is 5.36. The fourth-order valence-corrected chi connectivity index (χ4v) is 6.48. The topological polar surface area (TPSA) is 30.9 Å². The van der Waals surface area contributed by atoms with Crippen molar-refractivity contribution in [2.45, 2.75) is 12.5 Å². The zero-order valence-electron chi connectivity index (χ0n) is 19.2. The van der Waals surface area contributed by atoms with Gasteiger partial charge in [0, 0.05) is 42.7 Å². The van der Waals surface area contributed by atoms with Gasteiger partial charge in [0.25, 0.3) is 0 Å². The lowest BCUT2D eigenvalue weighted by molar-refractivity contribution is 0.721. The monoisotopic (exact) mass is 468 g/mol. The minimum Gasteiger partial charge on any atom is -0.324 e. The second-order valence-corrected chi connectivity index (χ2v) is 10.3. The van der Waals surface area contributed by atoms with Crippen LogP contribution >= 0.6 is 11.3 Å². The zero-order chi connectivity index (χ0) is 23.4. The van der Waals surface area contributed by atoms with Gasteiger partial charge in [-0.25, -0.2) is 0 Å². The summed E-state index contributed by atoms with van der Waals surface area (Å²) >= 11 is 1.87. The van der Waals surface area contributed by atoms with E-state index in [4.69, 9.17) is 5.73 Å². The molecule has 0 radical (unpaired) electrons. The normalized spacial score (nSPS) is 12.7. The van der Waals surface area contributed by atoms with Gasteiger partial charge in [-0.05, 0) is 53.9 Å². The van der Waals surface area contributed by atoms with Crippen molar-refractivity contribution < 1.29 is 0 Å². The molecule has 0 fully saturated rings. The van der Waals surface area contributed by atoms with Crippen LogP contribution in [0.1, 0.15) is 17.2 Å². The van der Waals surface area contributed by atoms with Crippen molar-refractivity contribution in [3.8, 4) is 5.69 Å². The molecule has 1 atom stereocenters. The van der Waals surface area contributed by atoms with Crippen LogP contribution in [-0.4, -0.2) is 4.57 Å². The van der Waals surface area contributed by atoms with Crippen LogP contribution < -0.4 is 5.73 Å². The molecule has 3 heteroatoms. The SMILES string of the molecule is N[C@H](Cc1cccc(-n2c3ccccc3c3cc4c(cc32)sc2ccccc24)c1)c1ccccc1. The van der Waals surface area contributed by atoms with E-state index < -0.39 is 0 Å². The average Bonchev–Trinajstić information content (AvgIpc) is 3.43. The molecule has 0 spiro atoms. The first-order valence-electron chi connectivity index (χ1n) is 12.0. The van der Waals surface area contributed by atoms with Gasteiger partial charge in [0.2, 0.25) is 0 Å². The maximum Gasteiger partial charge on any atom is 0.0555 e. The first-order chi connectivity index (χ1) is 17.3. The van der Waals surface area contributed by atoms with Gasteiger partial charge in [0.1, 0.15) is 0 Å². The predicted molar refractivity (Wildman–Crippen MR) is 151 cm³/mol. The van der Waals surface area contributed by atoms with Gasteiger partial charge >= 0.3 is 0 Å². The van der Waals surface area contributed by atoms with E-state index in [0.29, 0.717) is 0 Å². The van der Waals surface area contributed by atoms with E-state index in [1.807, 2.05) is 17.4 Å². The van der Waals surface area contributed by atoms with Crippen LogP contribution in [0.5, 0.6) is 0 Å². The van der Waals surface area contributed by atoms with Crippen molar-refractivity contribution in [1.29, 1.82) is 0 Å². The number of benzene rings is 5. The Labute approximate surface area is 207 Å². The van der Waals surface area contributed by atoms with Crippen molar-refractivity contribution in [3.05, 3.63) is 126 Å². The number of hydrogen-bond acceptors (Lipinski definition) is 2. The number of para-hydroxylation sites is 1. The smallest absolute Gasteiger partial charge is 0.0555 e. The molecule has 0 aliphatic rings. The molecule has 0 aliphatic carbocycles. The highest BCUT2D eigenvalue weighted by molar-refractivity contribution is 7.25. The van der Waals surface area contributed by atoms with Gasteiger partial charge < -0.3 is 10.3 Å². The minimum atomic E-state index is -0.0252. The van der Waals surface area contributed by atoms with E-state index in [0.717, 1.165) is 6.42 Å². The quantitative estimate of drug-likeness (QED) is 0.276. The minimum absolute atomic E-state index is 0.0252. The van der Waals surface area contributed by atoms with E-state index in [1.54, 1.807) is 0 Å². The second kappa shape index (κ2) is 8.09. The Morgan fingerprint density at radius 2 is 1.37 bits per heavy atom. The summed E-state index contributed by atoms with van der Waals surface area (Å²) < 4.78 is 5.07. The highest BCUT2D eigenvalue weighted by Gasteiger charge is 2.16. The van der Waals surface area contributed by atoms with Crippen molar-refractivity contribution in [1.82, 2.24) is 4.57 Å². The molecule has 7 rings (SSSR count). The highest BCUT2D eigenvalue weighted by Crippen LogP contribution is 2.40. The Balaban J connectivity index is 1.42. The summed E-state index contributed by atoms with van der Waals surface area (Å²) in [7, 11) is 0. The third-order valence-electron chi connectivity index (χ3n) is 7.02. The molecule has 0 unspecified atom stereocenters. The van der Waals surface area contributed by atoms with E-state index >= 15 is 0 Å². The Morgan fingerprint density at radius 3 is 2.26 bits per heavy atom. The molecule has 2 nitrogen and oxygen atoms in total. The molecule has 168 valence electrons. The van der Waals surface area contributed by atoms with Gasteiger partial charge in [-0.1, -0.05) is 78.9 Å². The summed E-state index contributed by atoms with van der Waals surface area (Å²) in [5, 5.41) is 5.25. The summed E-state index contributed by atoms with van der Waals surface area (Å²) in [6.45, 7) is 0. The van der Waals surface area contributed by atoms with Crippen LogP contribution in [0.15, 0.2) is 115 Å². The van der Waals surface area contributed by atoms with E-state index in [-0.39, 0.29) is 6.04 Å². The molecule has 0 amide bonds. The van der Waals surface area contributed by atoms with E-state index in [2.05, 4.69) is 114 Å². The van der Waals surface area contributed by atoms with Gasteiger partial charge in [0.15, 0.2) is 0 Å². The lowest BCUT2D eigenvalue weighted by Crippen LogP contribution is -2.13. The molecule has 0 saturated heterocycles. The van der Waals surface area contributed by atoms with Gasteiger partial charge in [0.05, 0.1) is 11.0 Å². The standard InChI is InChI=1S/C32H24N2S/c33-28(22-10-2-1-3-11-22)18-21-9-8-12-23(17-21)34-29-15-6-4-13-24(29)26-19-27-25-14-5-7-16-31(25)35-32(27)20-30(26)34/h1-17,19-20,28H,18,33H2/t28-/m1/s1. The fraction of sp³-hybridized carbons (Fsp3) is 0.0625. The maximum absolute atomic E-state index is 6.57. The van der Waals surface area contributed by atoms with Crippen LogP contribution in [-0.2, 0) is 6.42 Å². The second-order valence-electron chi connectivity index (χ2n) is 9.21. The Hall–Kier alpha value is -3.92. The van der Waals surface area contributed by atoms with Gasteiger partial charge in [-0.3, -0.25) is 0 Å². The molecule has 2 heterocycles. The summed E-state index contributed by atoms with van der Waals surface area (Å²) in [5.74, 6) is 0. The van der Waals surface area contributed by atoms with Crippen molar-refractivity contribution in [2.75, 3.05) is 0 Å². The Kier molecular flexibility index (Phi) is 4.73. The molecule has 2 N–H and O–H groups in total. The molecule has 0 bridgehead atoms. The van der Waals surface area contributed by atoms with Crippen LogP contribution in [0.3, 0.4) is 0 Å². The summed E-state index contributed by atoms with van der Waals surface area (Å²) in [6, 6.07) is 41.4. The summed E-state index contributed by atoms with van der Waals surface area (Å²) in [5.41, 5.74) is 12.6. The van der Waals surface area contributed by atoms with Crippen LogP contribution in [0.2, 0.25) is 0 Å². The van der Waals surface area contributed by atoms with Crippen LogP contribution in [0.25, 0.3) is 47.7 Å². The van der Waals surface area contributed by atoms with Crippen molar-refractivity contribution in [3.63, 3.8) is 0 Å². The zero-order valence-corrected chi connectivity index (χ0v) is 20.0. The number of nitrogens with zero attached hydrogens (tertiary/aromatic N) is 1. The summed E-state index contributed by atoms with van der Waals surface area (Å²) in [6.07, 6.45) is 0.801. The molecule has 2 aromatic heterocycles. The third kappa shape index (κ3) is 3.35. The predicted octanol–water partition coefficient (Wildman–Crippen LogP) is 8.39. The van der Waals surface area contributed by atoms with Crippen LogP contribution in [0, 0.1) is 0 Å². The maximum atomic E-state index is 6.57. The number of rotatable bonds is 4. The average molecular weight is 469 g/mol. The van der Waals surface area contributed by atoms with E-state index in [9.17, 15) is 0 Å². The molecular weight excluding hydrogens is 444 g/mol. The molecule has 0 saturated carbocycles. The first kappa shape index (κ1) is 20.5. The molecular formula is C32H24N2S. The Morgan fingerprint density at radius 1 is 0.600 bits per heavy atom. The number of fused-ring (bicyclic) bond motifs is 6. The first-order valence-corrected chi connectivity index (χ1v) is 12.8. The largest absolute Gasteiger partial charge is 0.324 e. The number of nitrogens with two attached hydrogens (primary N) is 1. The van der Waals surface area contributed by atoms with Gasteiger partial charge in [-0.2, -0.15) is 0 Å². The van der Waals surface area contributed by atoms with Crippen molar-refractivity contribution in [2.24, 2.45) is 5.73 Å². The highest BCUT2D eigenvalue weighted by atomic mass is 32.1. The lowest BCUT2D eigenvalue weighted by Gasteiger charge is -2.14. The van der Waals surface area contributed by atoms with Crippen LogP contribution in [0.4, 0.5) is 0 Å². The lowest BCUT2D eigenvalue weighted by atomic mass is 9.99. The number of aromatic nitrogens is 1. The van der Waals surface area contributed by atoms with Crippen molar-refractivity contribution >= 4 is 53.3 Å². The molecule has 5 aromatic carbocycles. The van der Waals surface area contributed by atoms with Gasteiger partial charge in [-0.15, -0.1) is 11.3 Å². The van der Waals surface area contributed by atoms with E-state index in [1.165, 1.54) is 58.8 Å². The molecule has 0 aliphatic heterocycles. The summed E-state index contributed by atoms with van der Waals surface area (Å²) in [4.78, 5) is 0. The number of hydrogen-bond donors (Lipinski definition) is 1. The Bertz CT molecular complexity index is 1840. The number of thiophene rings is 1. The molecule has 7 aromatic rings.